The van der Waals surface area contributed by atoms with Crippen molar-refractivity contribution in [1.29, 1.82) is 0 Å². The number of hydrogen-bond donors (Lipinski definition) is 1. The average molecular weight is 510 g/mol. The van der Waals surface area contributed by atoms with Crippen LogP contribution in [0.5, 0.6) is 0 Å². The molecule has 0 saturated heterocycles. The van der Waals surface area contributed by atoms with Gasteiger partial charge in [0.25, 0.3) is 5.69 Å². The number of nitro groups is 1. The van der Waals surface area contributed by atoms with Crippen LogP contribution in [0.2, 0.25) is 0 Å². The smallest absolute Gasteiger partial charge is 0.269 e. The molecule has 0 radical (unpaired) electrons. The van der Waals surface area contributed by atoms with Gasteiger partial charge in [0.15, 0.2) is 11.0 Å². The Morgan fingerprint density at radius 3 is 2.14 bits per heavy atom. The van der Waals surface area contributed by atoms with Gasteiger partial charge in [0.05, 0.1) is 16.7 Å². The van der Waals surface area contributed by atoms with Crippen LogP contribution in [-0.2, 0) is 21.5 Å². The Labute approximate surface area is 207 Å². The Morgan fingerprint density at radius 2 is 1.54 bits per heavy atom. The van der Waals surface area contributed by atoms with E-state index in [0.717, 1.165) is 5.56 Å². The highest BCUT2D eigenvalue weighted by Crippen LogP contribution is 2.29. The highest BCUT2D eigenvalue weighted by Gasteiger charge is 2.24. The summed E-state index contributed by atoms with van der Waals surface area (Å²) in [5, 5.41) is 20.2. The zero-order valence-electron chi connectivity index (χ0n) is 18.8. The zero-order chi connectivity index (χ0) is 24.8. The van der Waals surface area contributed by atoms with Crippen LogP contribution >= 0.6 is 11.8 Å². The van der Waals surface area contributed by atoms with Gasteiger partial charge in [-0.15, -0.1) is 10.2 Å². The average Bonchev–Trinajstić information content (AvgIpc) is 3.27. The molecule has 4 rings (SSSR count). The molecule has 3 aromatic carbocycles. The summed E-state index contributed by atoms with van der Waals surface area (Å²) in [5.74, 6) is 0.838. The van der Waals surface area contributed by atoms with Crippen LogP contribution in [0.25, 0.3) is 5.69 Å². The van der Waals surface area contributed by atoms with Crippen LogP contribution in [0.1, 0.15) is 29.9 Å². The monoisotopic (exact) mass is 509 g/mol. The van der Waals surface area contributed by atoms with Gasteiger partial charge in [-0.2, -0.15) is 0 Å². The molecule has 0 aliphatic carbocycles. The highest BCUT2D eigenvalue weighted by molar-refractivity contribution is 7.98. The molecule has 0 bridgehead atoms. The molecule has 0 fully saturated rings. The number of rotatable bonds is 10. The minimum atomic E-state index is -3.67. The van der Waals surface area contributed by atoms with E-state index in [1.165, 1.54) is 23.9 Å². The number of hydrogen-bond acceptors (Lipinski definition) is 7. The zero-order valence-corrected chi connectivity index (χ0v) is 20.4. The number of nitrogens with one attached hydrogen (secondary N) is 1. The first-order valence-corrected chi connectivity index (χ1v) is 13.4. The Morgan fingerprint density at radius 1 is 0.943 bits per heavy atom. The molecule has 4 aromatic rings. The van der Waals surface area contributed by atoms with Crippen molar-refractivity contribution in [2.24, 2.45) is 0 Å². The van der Waals surface area contributed by atoms with Gasteiger partial charge in [0.1, 0.15) is 0 Å². The molecule has 11 heteroatoms. The quantitative estimate of drug-likeness (QED) is 0.188. The van der Waals surface area contributed by atoms with Crippen molar-refractivity contribution in [1.82, 2.24) is 19.5 Å². The largest absolute Gasteiger partial charge is 0.273 e. The third-order valence-corrected chi connectivity index (χ3v) is 7.56. The van der Waals surface area contributed by atoms with Crippen LogP contribution in [-0.4, -0.2) is 28.1 Å². The molecule has 1 N–H and O–H groups in total. The number of aromatic nitrogens is 3. The maximum atomic E-state index is 12.8. The van der Waals surface area contributed by atoms with E-state index >= 15 is 0 Å². The first kappa shape index (κ1) is 24.6. The number of benzene rings is 3. The first-order valence-electron chi connectivity index (χ1n) is 10.7. The lowest BCUT2D eigenvalue weighted by molar-refractivity contribution is -0.384. The van der Waals surface area contributed by atoms with E-state index in [4.69, 9.17) is 0 Å². The number of sulfonamides is 1. The van der Waals surface area contributed by atoms with Crippen molar-refractivity contribution >= 4 is 27.5 Å². The van der Waals surface area contributed by atoms with Crippen LogP contribution in [0.4, 0.5) is 5.69 Å². The lowest BCUT2D eigenvalue weighted by atomic mass is 10.2. The van der Waals surface area contributed by atoms with E-state index in [1.54, 1.807) is 47.9 Å². The molecule has 0 spiro atoms. The Bertz CT molecular complexity index is 1390. The molecular formula is C24H23N5O4S2. The molecular weight excluding hydrogens is 486 g/mol. The number of nitro benzene ring substituents is 1. The van der Waals surface area contributed by atoms with Gasteiger partial charge in [-0.05, 0) is 30.2 Å². The van der Waals surface area contributed by atoms with Gasteiger partial charge in [-0.25, -0.2) is 13.1 Å². The van der Waals surface area contributed by atoms with Gasteiger partial charge in [0.2, 0.25) is 10.0 Å². The minimum Gasteiger partial charge on any atom is -0.273 e. The molecule has 0 aliphatic heterocycles. The van der Waals surface area contributed by atoms with Crippen LogP contribution in [0.15, 0.2) is 90.1 Å². The van der Waals surface area contributed by atoms with Gasteiger partial charge in [-0.3, -0.25) is 14.7 Å². The second-order valence-corrected chi connectivity index (χ2v) is 10.5. The summed E-state index contributed by atoms with van der Waals surface area (Å²) < 4.78 is 30.0. The highest BCUT2D eigenvalue weighted by atomic mass is 32.2. The molecule has 1 unspecified atom stereocenters. The number of non-ortho nitro benzene ring substituents is 1. The fourth-order valence-corrected chi connectivity index (χ4v) is 5.77. The van der Waals surface area contributed by atoms with Crippen molar-refractivity contribution < 1.29 is 13.3 Å². The van der Waals surface area contributed by atoms with Crippen molar-refractivity contribution in [3.8, 4) is 5.69 Å². The Balaban J connectivity index is 1.63. The molecule has 9 nitrogen and oxygen atoms in total. The molecule has 1 heterocycles. The van der Waals surface area contributed by atoms with Crippen molar-refractivity contribution in [2.45, 2.75) is 29.6 Å². The van der Waals surface area contributed by atoms with E-state index < -0.39 is 21.0 Å². The summed E-state index contributed by atoms with van der Waals surface area (Å²) >= 11 is 1.44. The number of thioether (sulfide) groups is 1. The van der Waals surface area contributed by atoms with Crippen LogP contribution in [0.3, 0.4) is 0 Å². The van der Waals surface area contributed by atoms with E-state index in [9.17, 15) is 18.5 Å². The third kappa shape index (κ3) is 6.32. The number of nitrogens with zero attached hydrogens (tertiary/aromatic N) is 4. The lowest BCUT2D eigenvalue weighted by Gasteiger charge is -2.16. The van der Waals surface area contributed by atoms with Crippen LogP contribution in [0, 0.1) is 10.1 Å². The minimum absolute atomic E-state index is 0.0431. The van der Waals surface area contributed by atoms with Crippen molar-refractivity contribution in [3.63, 3.8) is 0 Å². The summed E-state index contributed by atoms with van der Waals surface area (Å²) in [7, 11) is -3.67. The van der Waals surface area contributed by atoms with E-state index in [-0.39, 0.29) is 11.4 Å². The van der Waals surface area contributed by atoms with E-state index in [2.05, 4.69) is 14.9 Å². The Hall–Kier alpha value is -3.54. The predicted octanol–water partition coefficient (Wildman–Crippen LogP) is 4.65. The van der Waals surface area contributed by atoms with Gasteiger partial charge in [0, 0.05) is 23.6 Å². The SMILES string of the molecule is CC(NS(=O)(=O)Cc1ccccc1)c1nnc(SCc2ccccc2)n1-c1ccc([N+](=O)[O-])cc1. The molecule has 1 atom stereocenters. The normalized spacial score (nSPS) is 12.4. The van der Waals surface area contributed by atoms with Crippen molar-refractivity contribution in [3.05, 3.63) is 112 Å². The first-order chi connectivity index (χ1) is 16.8. The van der Waals surface area contributed by atoms with Crippen LogP contribution < -0.4 is 4.72 Å². The molecule has 1 aromatic heterocycles. The predicted molar refractivity (Wildman–Crippen MR) is 135 cm³/mol. The standard InChI is InChI=1S/C24H23N5O4S2/c1-18(27-35(32,33)17-20-10-6-3-7-11-20)23-25-26-24(34-16-19-8-4-2-5-9-19)28(23)21-12-14-22(15-13-21)29(30)31/h2-15,18,27H,16-17H2,1H3. The Kier molecular flexibility index (Phi) is 7.59. The lowest BCUT2D eigenvalue weighted by Crippen LogP contribution is -2.29. The second-order valence-electron chi connectivity index (χ2n) is 7.81. The summed E-state index contributed by atoms with van der Waals surface area (Å²) in [6, 6.07) is 24.0. The van der Waals surface area contributed by atoms with E-state index in [1.807, 2.05) is 36.4 Å². The maximum absolute atomic E-state index is 12.8. The maximum Gasteiger partial charge on any atom is 0.269 e. The molecule has 0 amide bonds. The fourth-order valence-electron chi connectivity index (χ4n) is 3.50. The summed E-state index contributed by atoms with van der Waals surface area (Å²) in [6.45, 7) is 1.69. The second kappa shape index (κ2) is 10.8. The van der Waals surface area contributed by atoms with Crippen molar-refractivity contribution in [2.75, 3.05) is 0 Å². The summed E-state index contributed by atoms with van der Waals surface area (Å²) in [5.41, 5.74) is 2.32. The molecule has 35 heavy (non-hydrogen) atoms. The summed E-state index contributed by atoms with van der Waals surface area (Å²) in [6.07, 6.45) is 0. The summed E-state index contributed by atoms with van der Waals surface area (Å²) in [4.78, 5) is 10.6. The van der Waals surface area contributed by atoms with E-state index in [0.29, 0.717) is 28.0 Å². The van der Waals surface area contributed by atoms with Gasteiger partial charge in [-0.1, -0.05) is 72.4 Å². The third-order valence-electron chi connectivity index (χ3n) is 5.13. The van der Waals surface area contributed by atoms with Gasteiger partial charge < -0.3 is 0 Å². The fraction of sp³-hybridized carbons (Fsp3) is 0.167. The molecule has 180 valence electrons. The molecule has 0 aliphatic rings. The van der Waals surface area contributed by atoms with Gasteiger partial charge >= 0.3 is 0 Å². The topological polar surface area (TPSA) is 120 Å². The molecule has 0 saturated carbocycles.